The van der Waals surface area contributed by atoms with Crippen LogP contribution in [-0.4, -0.2) is 10.2 Å². The van der Waals surface area contributed by atoms with E-state index in [1.165, 1.54) is 6.42 Å². The van der Waals surface area contributed by atoms with Crippen LogP contribution >= 0.6 is 0 Å². The maximum atomic E-state index is 3.42. The second-order valence-corrected chi connectivity index (χ2v) is 2.13. The van der Waals surface area contributed by atoms with Gasteiger partial charge in [0.1, 0.15) is 0 Å². The quantitative estimate of drug-likeness (QED) is 0.461. The van der Waals surface area contributed by atoms with E-state index in [2.05, 4.69) is 24.1 Å². The highest BCUT2D eigenvalue weighted by atomic mass is 28.1. The smallest absolute Gasteiger partial charge is 0.0225 e. The molecule has 3 radical (unpaired) electrons. The van der Waals surface area contributed by atoms with Gasteiger partial charge in [-0.3, -0.25) is 0 Å². The molecule has 1 atom stereocenters. The number of hydrogen-bond acceptors (Lipinski definition) is 0. The molecule has 0 saturated heterocycles. The normalized spacial score (nSPS) is 14.5. The SMILES string of the molecule is CC[C@H](C)C[Si]. The Labute approximate surface area is 43.4 Å². The van der Waals surface area contributed by atoms with Crippen LogP contribution in [0.3, 0.4) is 0 Å². The van der Waals surface area contributed by atoms with Crippen LogP contribution in [0.15, 0.2) is 0 Å². The van der Waals surface area contributed by atoms with E-state index in [1.807, 2.05) is 0 Å². The highest BCUT2D eigenvalue weighted by Gasteiger charge is 1.88. The van der Waals surface area contributed by atoms with Gasteiger partial charge in [-0.2, -0.15) is 0 Å². The lowest BCUT2D eigenvalue weighted by atomic mass is 10.2. The zero-order valence-corrected chi connectivity index (χ0v) is 5.49. The summed E-state index contributed by atoms with van der Waals surface area (Å²) >= 11 is 0. The first-order chi connectivity index (χ1) is 2.81. The standard InChI is InChI=1S/C5H11Si/c1-3-5(2)4-6/h5H,3-4H2,1-2H3/t5-/m0/s1. The zero-order chi connectivity index (χ0) is 4.99. The lowest BCUT2D eigenvalue weighted by Crippen LogP contribution is -1.87. The Bertz CT molecular complexity index is 23.1. The average Bonchev–Trinajstić information content (AvgIpc) is 1.65. The Balaban J connectivity index is 2.75. The van der Waals surface area contributed by atoms with Crippen LogP contribution in [0.5, 0.6) is 0 Å². The predicted molar refractivity (Wildman–Crippen MR) is 30.0 cm³/mol. The summed E-state index contributed by atoms with van der Waals surface area (Å²) in [5, 5.41) is 0. The Kier molecular flexibility index (Phi) is 3.53. The molecule has 0 aliphatic heterocycles. The van der Waals surface area contributed by atoms with Gasteiger partial charge in [0.2, 0.25) is 0 Å². The van der Waals surface area contributed by atoms with Gasteiger partial charge in [-0.1, -0.05) is 26.3 Å². The third kappa shape index (κ3) is 2.45. The van der Waals surface area contributed by atoms with Gasteiger partial charge in [-0.05, 0) is 5.92 Å². The molecule has 0 amide bonds. The fourth-order valence-electron chi connectivity index (χ4n) is 0.144. The summed E-state index contributed by atoms with van der Waals surface area (Å²) < 4.78 is 0. The Morgan fingerprint density at radius 3 is 2.17 bits per heavy atom. The Morgan fingerprint density at radius 1 is 1.67 bits per heavy atom. The summed E-state index contributed by atoms with van der Waals surface area (Å²) in [5.41, 5.74) is 0. The lowest BCUT2D eigenvalue weighted by molar-refractivity contribution is 0.625. The van der Waals surface area contributed by atoms with Crippen LogP contribution in [0, 0.1) is 5.92 Å². The summed E-state index contributed by atoms with van der Waals surface area (Å²) in [4.78, 5) is 0. The molecule has 0 bridgehead atoms. The predicted octanol–water partition coefficient (Wildman–Crippen LogP) is 1.62. The monoisotopic (exact) mass is 99.1 g/mol. The second-order valence-electron chi connectivity index (χ2n) is 1.72. The van der Waals surface area contributed by atoms with E-state index >= 15 is 0 Å². The van der Waals surface area contributed by atoms with E-state index in [1.54, 1.807) is 0 Å². The molecule has 0 aliphatic carbocycles. The van der Waals surface area contributed by atoms with Gasteiger partial charge in [-0.25, -0.2) is 0 Å². The van der Waals surface area contributed by atoms with E-state index in [0.717, 1.165) is 12.0 Å². The highest BCUT2D eigenvalue weighted by molar-refractivity contribution is 6.08. The molecule has 0 aromatic carbocycles. The molecule has 0 unspecified atom stereocenters. The van der Waals surface area contributed by atoms with Crippen molar-refractivity contribution < 1.29 is 0 Å². The van der Waals surface area contributed by atoms with Gasteiger partial charge in [0.05, 0.1) is 0 Å². The van der Waals surface area contributed by atoms with Crippen molar-refractivity contribution in [2.75, 3.05) is 0 Å². The molecule has 0 aliphatic rings. The van der Waals surface area contributed by atoms with Gasteiger partial charge in [-0.15, -0.1) is 0 Å². The molecular formula is C5H11Si. The molecule has 1 heteroatoms. The van der Waals surface area contributed by atoms with Crippen molar-refractivity contribution in [1.82, 2.24) is 0 Å². The molecule has 0 saturated carbocycles. The molecule has 35 valence electrons. The van der Waals surface area contributed by atoms with Crippen LogP contribution in [-0.2, 0) is 0 Å². The van der Waals surface area contributed by atoms with Gasteiger partial charge < -0.3 is 0 Å². The van der Waals surface area contributed by atoms with Gasteiger partial charge >= 0.3 is 0 Å². The minimum Gasteiger partial charge on any atom is -0.0651 e. The van der Waals surface area contributed by atoms with Crippen molar-refractivity contribution >= 4 is 10.2 Å². The van der Waals surface area contributed by atoms with Crippen LogP contribution in [0.2, 0.25) is 6.04 Å². The van der Waals surface area contributed by atoms with Crippen molar-refractivity contribution in [1.29, 1.82) is 0 Å². The van der Waals surface area contributed by atoms with Crippen molar-refractivity contribution in [3.8, 4) is 0 Å². The summed E-state index contributed by atoms with van der Waals surface area (Å²) in [7, 11) is 3.42. The fraction of sp³-hybridized carbons (Fsp3) is 1.00. The second kappa shape index (κ2) is 3.41. The van der Waals surface area contributed by atoms with E-state index < -0.39 is 0 Å². The molecule has 0 aromatic heterocycles. The van der Waals surface area contributed by atoms with Crippen LogP contribution in [0.1, 0.15) is 20.3 Å². The maximum Gasteiger partial charge on any atom is 0.0225 e. The van der Waals surface area contributed by atoms with E-state index in [-0.39, 0.29) is 0 Å². The summed E-state index contributed by atoms with van der Waals surface area (Å²) in [5.74, 6) is 0.849. The number of rotatable bonds is 2. The molecule has 0 rings (SSSR count). The molecule has 6 heavy (non-hydrogen) atoms. The number of hydrogen-bond donors (Lipinski definition) is 0. The first kappa shape index (κ1) is 6.22. The van der Waals surface area contributed by atoms with Gasteiger partial charge in [0, 0.05) is 10.2 Å². The first-order valence-corrected chi connectivity index (χ1v) is 3.16. The van der Waals surface area contributed by atoms with Crippen molar-refractivity contribution in [2.24, 2.45) is 5.92 Å². The molecule has 0 N–H and O–H groups in total. The molecule has 0 heterocycles. The van der Waals surface area contributed by atoms with Crippen LogP contribution < -0.4 is 0 Å². The van der Waals surface area contributed by atoms with Gasteiger partial charge in [0.15, 0.2) is 0 Å². The summed E-state index contributed by atoms with van der Waals surface area (Å²) in [6.07, 6.45) is 1.28. The molecule has 0 fully saturated rings. The summed E-state index contributed by atoms with van der Waals surface area (Å²) in [6, 6.07) is 1.14. The topological polar surface area (TPSA) is 0 Å². The largest absolute Gasteiger partial charge is 0.0651 e. The Morgan fingerprint density at radius 2 is 2.17 bits per heavy atom. The summed E-state index contributed by atoms with van der Waals surface area (Å²) in [6.45, 7) is 4.43. The zero-order valence-electron chi connectivity index (χ0n) is 4.49. The van der Waals surface area contributed by atoms with Crippen LogP contribution in [0.4, 0.5) is 0 Å². The molecular weight excluding hydrogens is 88.1 g/mol. The van der Waals surface area contributed by atoms with Crippen molar-refractivity contribution in [3.05, 3.63) is 0 Å². The average molecular weight is 99.2 g/mol. The van der Waals surface area contributed by atoms with E-state index in [0.29, 0.717) is 0 Å². The van der Waals surface area contributed by atoms with Crippen molar-refractivity contribution in [2.45, 2.75) is 26.3 Å². The van der Waals surface area contributed by atoms with E-state index in [4.69, 9.17) is 0 Å². The van der Waals surface area contributed by atoms with Crippen LogP contribution in [0.25, 0.3) is 0 Å². The minimum absolute atomic E-state index is 0.849. The fourth-order valence-corrected chi connectivity index (χ4v) is 0.433. The third-order valence-electron chi connectivity index (χ3n) is 1.05. The van der Waals surface area contributed by atoms with E-state index in [9.17, 15) is 0 Å². The first-order valence-electron chi connectivity index (χ1n) is 2.45. The van der Waals surface area contributed by atoms with Gasteiger partial charge in [0.25, 0.3) is 0 Å². The molecule has 0 aromatic rings. The third-order valence-corrected chi connectivity index (χ3v) is 1.74. The minimum atomic E-state index is 0.849. The van der Waals surface area contributed by atoms with Crippen molar-refractivity contribution in [3.63, 3.8) is 0 Å². The maximum absolute atomic E-state index is 3.42. The lowest BCUT2D eigenvalue weighted by Gasteiger charge is -1.98. The molecule has 0 spiro atoms. The molecule has 0 nitrogen and oxygen atoms in total. The Hall–Kier alpha value is 0.217. The highest BCUT2D eigenvalue weighted by Crippen LogP contribution is 2.01.